The molecule has 0 aromatic carbocycles. The van der Waals surface area contributed by atoms with Crippen LogP contribution >= 0.6 is 34.0 Å². The fraction of sp³-hybridized carbons (Fsp3) is 0.250. The molecule has 19 heteroatoms. The predicted molar refractivity (Wildman–Crippen MR) is 164 cm³/mol. The number of fused-ring (bicyclic) bond motifs is 1. The van der Waals surface area contributed by atoms with Crippen LogP contribution in [0.3, 0.4) is 0 Å². The van der Waals surface area contributed by atoms with E-state index in [0.717, 1.165) is 34.5 Å². The monoisotopic (exact) mass is 720 g/mol. The summed E-state index contributed by atoms with van der Waals surface area (Å²) in [5.41, 5.74) is 0.928. The average molecular weight is 721 g/mol. The smallest absolute Gasteiger partial charge is 0.550 e. The van der Waals surface area contributed by atoms with Gasteiger partial charge in [-0.15, -0.1) is 34.0 Å². The Morgan fingerprint density at radius 2 is 1.28 bits per heavy atom. The van der Waals surface area contributed by atoms with Gasteiger partial charge in [-0.1, -0.05) is 6.92 Å². The summed E-state index contributed by atoms with van der Waals surface area (Å²) in [5.74, 6) is -5.15. The number of Topliss-reactive ketones (excluding diaryl/α,β-unsaturated/α-hetero) is 1. The summed E-state index contributed by atoms with van der Waals surface area (Å²) >= 11 is 3.51. The van der Waals surface area contributed by atoms with E-state index in [1.165, 1.54) is 45.3 Å². The third kappa shape index (κ3) is 15.4. The molecule has 47 heavy (non-hydrogen) atoms. The van der Waals surface area contributed by atoms with Crippen LogP contribution in [0.1, 0.15) is 94.2 Å². The molecule has 0 radical (unpaired) electrons. The summed E-state index contributed by atoms with van der Waals surface area (Å²) in [4.78, 5) is 96.2. The van der Waals surface area contributed by atoms with Crippen LogP contribution in [0.5, 0.6) is 0 Å². The van der Waals surface area contributed by atoms with Crippen molar-refractivity contribution >= 4 is 87.4 Å². The van der Waals surface area contributed by atoms with Gasteiger partial charge in [0, 0.05) is 45.9 Å². The van der Waals surface area contributed by atoms with E-state index in [2.05, 4.69) is 10.1 Å². The Morgan fingerprint density at radius 3 is 1.66 bits per heavy atom. The average Bonchev–Trinajstić information content (AvgIpc) is 3.77. The van der Waals surface area contributed by atoms with Crippen LogP contribution in [0.15, 0.2) is 34.3 Å². The van der Waals surface area contributed by atoms with Gasteiger partial charge < -0.3 is 30.2 Å². The number of ether oxygens (including phenoxy) is 1. The summed E-state index contributed by atoms with van der Waals surface area (Å²) in [6.07, 6.45) is 0.344. The van der Waals surface area contributed by atoms with Gasteiger partial charge in [-0.3, -0.25) is 33.7 Å². The number of aliphatic carboxylic acids is 1. The number of thiophene rings is 3. The number of rotatable bonds is 5. The molecule has 0 fully saturated rings. The zero-order valence-corrected chi connectivity index (χ0v) is 30.7. The van der Waals surface area contributed by atoms with Gasteiger partial charge in [0.15, 0.2) is 5.78 Å². The molecule has 1 aliphatic rings. The fourth-order valence-corrected chi connectivity index (χ4v) is 5.36. The minimum Gasteiger partial charge on any atom is -0.550 e. The first-order chi connectivity index (χ1) is 21.4. The van der Waals surface area contributed by atoms with E-state index in [1.807, 2.05) is 0 Å². The second-order valence-corrected chi connectivity index (χ2v) is 11.0. The fourth-order valence-electron chi connectivity index (χ4n) is 2.92. The van der Waals surface area contributed by atoms with E-state index in [9.17, 15) is 38.4 Å². The Kier molecular flexibility index (Phi) is 21.5. The van der Waals surface area contributed by atoms with Crippen LogP contribution in [0, 0.1) is 0 Å². The Bertz CT molecular complexity index is 1500. The number of carboxylic acids is 3. The van der Waals surface area contributed by atoms with Crippen molar-refractivity contribution in [1.82, 2.24) is 10.2 Å². The third-order valence-corrected chi connectivity index (χ3v) is 7.51. The maximum absolute atomic E-state index is 11.2. The summed E-state index contributed by atoms with van der Waals surface area (Å²) in [7, 11) is 2.96. The molecule has 3 N–H and O–H groups in total. The maximum atomic E-state index is 11.2. The van der Waals surface area contributed by atoms with Gasteiger partial charge in [-0.05, 0) is 41.3 Å². The van der Waals surface area contributed by atoms with Crippen LogP contribution in [-0.4, -0.2) is 82.6 Å². The number of nitrogens with one attached hydrogen (secondary N) is 1. The molecule has 3 amide bonds. The molecular formula is C28H29N2NaO13S3. The summed E-state index contributed by atoms with van der Waals surface area (Å²) in [6, 6.07) is 4.65. The number of imide groups is 1. The van der Waals surface area contributed by atoms with Crippen molar-refractivity contribution in [3.63, 3.8) is 0 Å². The predicted octanol–water partition coefficient (Wildman–Crippen LogP) is -0.325. The summed E-state index contributed by atoms with van der Waals surface area (Å²) in [5, 5.41) is 33.5. The zero-order valence-electron chi connectivity index (χ0n) is 26.2. The number of esters is 2. The van der Waals surface area contributed by atoms with Crippen LogP contribution in [-0.2, 0) is 19.1 Å². The van der Waals surface area contributed by atoms with Crippen molar-refractivity contribution in [2.24, 2.45) is 0 Å². The van der Waals surface area contributed by atoms with Gasteiger partial charge in [-0.2, -0.15) is 0 Å². The molecule has 0 saturated carbocycles. The second-order valence-electron chi connectivity index (χ2n) is 8.20. The molecule has 4 heterocycles. The number of carbonyl (C=O) groups excluding carboxylic acids is 7. The Labute approximate surface area is 302 Å². The first kappa shape index (κ1) is 45.1. The van der Waals surface area contributed by atoms with Crippen molar-refractivity contribution in [2.45, 2.75) is 34.1 Å². The number of hydrogen-bond donors (Lipinski definition) is 3. The second kappa shape index (κ2) is 22.5. The standard InChI is InChI=1S/C8H8O3S.C7H7NO3S.C7H5NO2S.C4H6O3.C2H4O2.Na/c1-2-6(9)5-3-4-12-7(5)8(10)11;1-8-6(9)5-4(7(10)11)2-3-12-5;1-8-6(9)4-2-3-11-5(4)7(8)10;1-3(5)7-4(2)6;1-2(3)4;/h3-4H,2H2,1H3,(H,10,11);2-3H,1H3,(H,8,9)(H,10,11);2-3H,1H3;1-2H3;1H3,(H,3,4);/q;;;;;+1/p-1. The van der Waals surface area contributed by atoms with E-state index < -0.39 is 29.8 Å². The van der Waals surface area contributed by atoms with Crippen molar-refractivity contribution in [2.75, 3.05) is 14.1 Å². The largest absolute Gasteiger partial charge is 1.00 e. The van der Waals surface area contributed by atoms with Gasteiger partial charge in [0.2, 0.25) is 0 Å². The minimum absolute atomic E-state index is 0. The normalized spacial score (nSPS) is 10.3. The van der Waals surface area contributed by atoms with Crippen LogP contribution in [0.2, 0.25) is 0 Å². The van der Waals surface area contributed by atoms with Crippen LogP contribution in [0.25, 0.3) is 0 Å². The molecule has 0 atom stereocenters. The number of aromatic carboxylic acids is 2. The van der Waals surface area contributed by atoms with Gasteiger partial charge in [0.05, 0.1) is 11.1 Å². The number of ketones is 1. The number of amides is 3. The van der Waals surface area contributed by atoms with E-state index >= 15 is 0 Å². The SMILES string of the molecule is CC(=O)OC(C)=O.CC(=O)[O-].CCC(=O)c1ccsc1C(=O)O.CN1C(=O)c2ccsc2C1=O.CNC(=O)c1sccc1C(=O)O.[Na+]. The molecule has 1 aliphatic heterocycles. The molecule has 0 spiro atoms. The van der Waals surface area contributed by atoms with Gasteiger partial charge in [0.25, 0.3) is 17.7 Å². The summed E-state index contributed by atoms with van der Waals surface area (Å²) < 4.78 is 3.97. The van der Waals surface area contributed by atoms with Crippen molar-refractivity contribution in [3.05, 3.63) is 65.7 Å². The summed E-state index contributed by atoms with van der Waals surface area (Å²) in [6.45, 7) is 5.05. The van der Waals surface area contributed by atoms with Crippen LogP contribution in [0.4, 0.5) is 0 Å². The number of carboxylic acid groups (broad SMARTS) is 3. The molecule has 15 nitrogen and oxygen atoms in total. The molecule has 3 aromatic heterocycles. The van der Waals surface area contributed by atoms with E-state index in [-0.39, 0.29) is 68.4 Å². The van der Waals surface area contributed by atoms with Crippen LogP contribution < -0.4 is 40.0 Å². The Balaban J connectivity index is 0. The Morgan fingerprint density at radius 1 is 0.809 bits per heavy atom. The third-order valence-electron chi connectivity index (χ3n) is 4.80. The number of carbonyl (C=O) groups is 9. The topological polar surface area (TPSA) is 242 Å². The molecule has 4 rings (SSSR count). The molecule has 0 bridgehead atoms. The van der Waals surface area contributed by atoms with Crippen molar-refractivity contribution < 1.29 is 92.8 Å². The molecule has 0 unspecified atom stereocenters. The maximum Gasteiger partial charge on any atom is 1.00 e. The van der Waals surface area contributed by atoms with Gasteiger partial charge in [-0.25, -0.2) is 9.59 Å². The zero-order chi connectivity index (χ0) is 35.7. The van der Waals surface area contributed by atoms with E-state index in [0.29, 0.717) is 22.4 Å². The van der Waals surface area contributed by atoms with Crippen molar-refractivity contribution in [3.8, 4) is 0 Å². The minimum atomic E-state index is -1.08. The number of hydrogen-bond acceptors (Lipinski definition) is 14. The van der Waals surface area contributed by atoms with Gasteiger partial charge in [0.1, 0.15) is 14.6 Å². The van der Waals surface area contributed by atoms with Gasteiger partial charge >= 0.3 is 53.4 Å². The number of nitrogens with zero attached hydrogens (tertiary/aromatic N) is 1. The first-order valence-electron chi connectivity index (χ1n) is 12.5. The van der Waals surface area contributed by atoms with E-state index in [4.69, 9.17) is 20.1 Å². The molecule has 0 aliphatic carbocycles. The Hall–Kier alpha value is -4.07. The molecular weight excluding hydrogens is 692 g/mol. The van der Waals surface area contributed by atoms with E-state index in [1.54, 1.807) is 35.2 Å². The first-order valence-corrected chi connectivity index (χ1v) is 15.2. The molecule has 0 saturated heterocycles. The quantitative estimate of drug-likeness (QED) is 0.101. The van der Waals surface area contributed by atoms with Crippen molar-refractivity contribution in [1.29, 1.82) is 0 Å². The molecule has 248 valence electrons. The molecule has 3 aromatic rings.